The zero-order valence-corrected chi connectivity index (χ0v) is 28.0. The summed E-state index contributed by atoms with van der Waals surface area (Å²) in [4.78, 5) is 53.7. The van der Waals surface area contributed by atoms with Crippen LogP contribution < -0.4 is 11.1 Å². The molecule has 2 heterocycles. The number of nitrogens with one attached hydrogen (secondary N) is 1. The summed E-state index contributed by atoms with van der Waals surface area (Å²) in [7, 11) is 0. The van der Waals surface area contributed by atoms with Gasteiger partial charge in [0.25, 0.3) is 0 Å². The minimum atomic E-state index is -0.934. The number of benzene rings is 2. The lowest BCUT2D eigenvalue weighted by atomic mass is 9.87. The van der Waals surface area contributed by atoms with Crippen molar-refractivity contribution in [3.63, 3.8) is 0 Å². The van der Waals surface area contributed by atoms with Gasteiger partial charge in [-0.1, -0.05) is 70.0 Å². The number of allylic oxidation sites excluding steroid dienone is 2. The lowest BCUT2D eigenvalue weighted by Crippen LogP contribution is -2.49. The topological polar surface area (TPSA) is 142 Å². The number of carboxylic acid groups (broad SMARTS) is 1. The van der Waals surface area contributed by atoms with Gasteiger partial charge in [0, 0.05) is 24.2 Å². The third-order valence-electron chi connectivity index (χ3n) is 9.60. The fourth-order valence-electron chi connectivity index (χ4n) is 6.63. The van der Waals surface area contributed by atoms with Crippen molar-refractivity contribution in [2.75, 3.05) is 11.9 Å². The van der Waals surface area contributed by atoms with Crippen LogP contribution in [0.4, 0.5) is 14.9 Å². The average Bonchev–Trinajstić information content (AvgIpc) is 3.47. The minimum absolute atomic E-state index is 0.0246. The predicted octanol–water partition coefficient (Wildman–Crippen LogP) is 5.74. The van der Waals surface area contributed by atoms with Crippen molar-refractivity contribution in [2.24, 2.45) is 17.6 Å². The van der Waals surface area contributed by atoms with E-state index in [0.29, 0.717) is 18.4 Å². The molecule has 2 aromatic rings. The van der Waals surface area contributed by atoms with Crippen molar-refractivity contribution in [3.05, 3.63) is 77.1 Å². The fraction of sp³-hybridized carbons (Fsp3) is 0.514. The molecule has 0 radical (unpaired) electrons. The Balaban J connectivity index is 1.22. The molecule has 1 aliphatic carbocycles. The van der Waals surface area contributed by atoms with E-state index in [1.807, 2.05) is 36.4 Å². The van der Waals surface area contributed by atoms with Gasteiger partial charge in [-0.3, -0.25) is 19.3 Å². The molecule has 0 aromatic heterocycles. The van der Waals surface area contributed by atoms with Gasteiger partial charge >= 0.3 is 12.1 Å². The van der Waals surface area contributed by atoms with Crippen LogP contribution >= 0.6 is 0 Å². The number of rotatable bonds is 13. The number of carbonyl (C=O) groups is 4. The summed E-state index contributed by atoms with van der Waals surface area (Å²) in [5.41, 5.74) is 8.76. The second-order valence-corrected chi connectivity index (χ2v) is 14.3. The number of nitrogens with two attached hydrogens (primary N) is 1. The highest BCUT2D eigenvalue weighted by molar-refractivity contribution is 5.91. The molecule has 258 valence electrons. The van der Waals surface area contributed by atoms with Crippen molar-refractivity contribution < 1.29 is 33.4 Å². The molecule has 11 heteroatoms. The van der Waals surface area contributed by atoms with Crippen molar-refractivity contribution >= 4 is 29.6 Å². The molecule has 10 nitrogen and oxygen atoms in total. The fourth-order valence-corrected chi connectivity index (χ4v) is 6.63. The van der Waals surface area contributed by atoms with Crippen LogP contribution in [0, 0.1) is 17.7 Å². The van der Waals surface area contributed by atoms with Gasteiger partial charge < -0.3 is 25.8 Å². The highest BCUT2D eigenvalue weighted by Gasteiger charge is 2.43. The Morgan fingerprint density at radius 1 is 1.08 bits per heavy atom. The van der Waals surface area contributed by atoms with Gasteiger partial charge in [0.1, 0.15) is 24.0 Å². The Bertz CT molecular complexity index is 1550. The normalized spacial score (nSPS) is 22.4. The Labute approximate surface area is 281 Å². The summed E-state index contributed by atoms with van der Waals surface area (Å²) in [6.07, 6.45) is 7.32. The highest BCUT2D eigenvalue weighted by atomic mass is 19.1. The number of hydrogen-bond donors (Lipinski definition) is 3. The standard InChI is InChI=1S/C37H47FN4O6/c1-37(2,3)25-13-10-14-26(18-25)40-31(16-8-6-4-5-7-11-23-17-28(23)35(45)46)34(44)42-21-27(19-32(42)33(39)43)48-36(47)41-20-24-12-9-15-30(38)29(24)22-41/h7,9-15,18,23,27-28,31-32,40H,4-6,8,16-17,19-22H2,1-3H3,(H2,39,43)(H,45,46)/b11-7-/t23-,27-,28+,31+,32+/m1/s1. The van der Waals surface area contributed by atoms with E-state index in [1.54, 1.807) is 12.1 Å². The number of ether oxygens (including phenoxy) is 1. The number of amides is 3. The Morgan fingerprint density at radius 2 is 1.85 bits per heavy atom. The second kappa shape index (κ2) is 14.8. The molecule has 5 rings (SSSR count). The van der Waals surface area contributed by atoms with Gasteiger partial charge in [0.15, 0.2) is 0 Å². The van der Waals surface area contributed by atoms with Crippen molar-refractivity contribution in [3.8, 4) is 0 Å². The van der Waals surface area contributed by atoms with Crippen LogP contribution in [-0.2, 0) is 37.6 Å². The number of anilines is 1. The van der Waals surface area contributed by atoms with E-state index in [0.717, 1.165) is 42.5 Å². The van der Waals surface area contributed by atoms with Crippen LogP contribution in [0.5, 0.6) is 0 Å². The third kappa shape index (κ3) is 8.54. The molecule has 0 spiro atoms. The van der Waals surface area contributed by atoms with E-state index in [4.69, 9.17) is 15.6 Å². The minimum Gasteiger partial charge on any atom is -0.481 e. The number of aliphatic carboxylic acids is 1. The summed E-state index contributed by atoms with van der Waals surface area (Å²) in [5.74, 6) is -2.19. The van der Waals surface area contributed by atoms with Gasteiger partial charge in [-0.05, 0) is 66.3 Å². The van der Waals surface area contributed by atoms with Crippen molar-refractivity contribution in [2.45, 2.75) is 102 Å². The maximum absolute atomic E-state index is 14.3. The highest BCUT2D eigenvalue weighted by Crippen LogP contribution is 2.39. The quantitative estimate of drug-likeness (QED) is 0.184. The molecule has 2 aromatic carbocycles. The maximum Gasteiger partial charge on any atom is 0.410 e. The van der Waals surface area contributed by atoms with Crippen LogP contribution in [0.3, 0.4) is 0 Å². The summed E-state index contributed by atoms with van der Waals surface area (Å²) >= 11 is 0. The number of hydrogen-bond acceptors (Lipinski definition) is 6. The lowest BCUT2D eigenvalue weighted by Gasteiger charge is -2.29. The first-order valence-corrected chi connectivity index (χ1v) is 16.9. The summed E-state index contributed by atoms with van der Waals surface area (Å²) in [6, 6.07) is 11.1. The molecule has 0 bridgehead atoms. The molecule has 1 saturated carbocycles. The van der Waals surface area contributed by atoms with Crippen LogP contribution in [0.15, 0.2) is 54.6 Å². The first-order valence-electron chi connectivity index (χ1n) is 16.9. The second-order valence-electron chi connectivity index (χ2n) is 14.3. The Kier molecular flexibility index (Phi) is 10.8. The molecule has 5 atom stereocenters. The largest absolute Gasteiger partial charge is 0.481 e. The molecule has 1 saturated heterocycles. The molecule has 2 aliphatic heterocycles. The molecule has 4 N–H and O–H groups in total. The van der Waals surface area contributed by atoms with Crippen molar-refractivity contribution in [1.29, 1.82) is 0 Å². The molecular weight excluding hydrogens is 615 g/mol. The number of primary amides is 1. The molecule has 3 amide bonds. The van der Waals surface area contributed by atoms with Crippen molar-refractivity contribution in [1.82, 2.24) is 9.80 Å². The number of carbonyl (C=O) groups excluding carboxylic acids is 3. The van der Waals surface area contributed by atoms with Gasteiger partial charge in [0.05, 0.1) is 19.0 Å². The van der Waals surface area contributed by atoms with Gasteiger partial charge in [-0.25, -0.2) is 9.18 Å². The van der Waals surface area contributed by atoms with Gasteiger partial charge in [-0.15, -0.1) is 0 Å². The Morgan fingerprint density at radius 3 is 2.54 bits per heavy atom. The number of likely N-dealkylation sites (tertiary alicyclic amines) is 1. The average molecular weight is 663 g/mol. The summed E-state index contributed by atoms with van der Waals surface area (Å²) in [6.45, 7) is 6.70. The van der Waals surface area contributed by atoms with E-state index in [2.05, 4.69) is 26.1 Å². The first-order chi connectivity index (χ1) is 22.8. The number of unbranched alkanes of at least 4 members (excludes halogenated alkanes) is 3. The van der Waals surface area contributed by atoms with E-state index in [-0.39, 0.29) is 55.0 Å². The number of nitrogens with zero attached hydrogens (tertiary/aromatic N) is 2. The molecule has 3 aliphatic rings. The SMILES string of the molecule is CC(C)(C)c1cccc(N[C@@H](CCCCC/C=C\[C@@H]2C[C@@H]2C(=O)O)C(=O)N2C[C@H](OC(=O)N3Cc4cccc(F)c4C3)C[C@H]2C(N)=O)c1. The van der Waals surface area contributed by atoms with E-state index in [1.165, 1.54) is 15.9 Å². The summed E-state index contributed by atoms with van der Waals surface area (Å²) < 4.78 is 20.0. The maximum atomic E-state index is 14.3. The monoisotopic (exact) mass is 662 g/mol. The number of fused-ring (bicyclic) bond motifs is 1. The van der Waals surface area contributed by atoms with E-state index < -0.39 is 36.2 Å². The molecular formula is C37H47FN4O6. The zero-order valence-electron chi connectivity index (χ0n) is 28.0. The van der Waals surface area contributed by atoms with E-state index in [9.17, 15) is 23.6 Å². The van der Waals surface area contributed by atoms with E-state index >= 15 is 0 Å². The van der Waals surface area contributed by atoms with Crippen LogP contribution in [0.25, 0.3) is 0 Å². The van der Waals surface area contributed by atoms with Crippen LogP contribution in [0.1, 0.15) is 82.4 Å². The van der Waals surface area contributed by atoms with Gasteiger partial charge in [0.2, 0.25) is 11.8 Å². The first kappa shape index (κ1) is 34.9. The lowest BCUT2D eigenvalue weighted by molar-refractivity contribution is -0.138. The van der Waals surface area contributed by atoms with Crippen LogP contribution in [0.2, 0.25) is 0 Å². The predicted molar refractivity (Wildman–Crippen MR) is 179 cm³/mol. The smallest absolute Gasteiger partial charge is 0.410 e. The zero-order chi connectivity index (χ0) is 34.6. The van der Waals surface area contributed by atoms with Crippen LogP contribution in [-0.4, -0.2) is 63.5 Å². The third-order valence-corrected chi connectivity index (χ3v) is 9.60. The molecule has 2 fully saturated rings. The number of halogens is 1. The molecule has 0 unspecified atom stereocenters. The molecule has 48 heavy (non-hydrogen) atoms. The summed E-state index contributed by atoms with van der Waals surface area (Å²) in [5, 5.41) is 12.5. The Hall–Kier alpha value is -4.41. The number of carboxylic acids is 1. The van der Waals surface area contributed by atoms with Gasteiger partial charge in [-0.2, -0.15) is 0 Å².